The summed E-state index contributed by atoms with van der Waals surface area (Å²) in [4.78, 5) is 35.0. The number of hydrogen-bond acceptors (Lipinski definition) is 3. The highest BCUT2D eigenvalue weighted by Crippen LogP contribution is 2.10. The van der Waals surface area contributed by atoms with Crippen LogP contribution in [-0.4, -0.2) is 36.0 Å². The molecule has 6 heteroatoms. The third-order valence-corrected chi connectivity index (χ3v) is 4.45. The van der Waals surface area contributed by atoms with E-state index in [0.29, 0.717) is 24.8 Å². The van der Waals surface area contributed by atoms with E-state index in [-0.39, 0.29) is 30.7 Å². The van der Waals surface area contributed by atoms with E-state index < -0.39 is 5.97 Å². The third-order valence-electron chi connectivity index (χ3n) is 4.45. The Morgan fingerprint density at radius 2 is 1.68 bits per heavy atom. The standard InChI is InChI=1S/C22H26N2O4/c1-23-22(28)18-9-5-8-17(14-18)10-12-20(25)24-19(11-13-21(26)27)15-16-6-3-2-4-7-16/h2-9,14,19H,10-13,15H2,1H3,(H,23,28)(H,24,25)(H,26,27). The van der Waals surface area contributed by atoms with E-state index in [1.165, 1.54) is 0 Å². The molecular formula is C22H26N2O4. The Bertz CT molecular complexity index is 805. The molecule has 2 aromatic carbocycles. The molecule has 2 aromatic rings. The number of carboxylic acids is 1. The van der Waals surface area contributed by atoms with Crippen LogP contribution in [0.2, 0.25) is 0 Å². The van der Waals surface area contributed by atoms with Crippen molar-refractivity contribution >= 4 is 17.8 Å². The van der Waals surface area contributed by atoms with E-state index in [9.17, 15) is 14.4 Å². The minimum Gasteiger partial charge on any atom is -0.481 e. The molecule has 2 amide bonds. The molecule has 0 aliphatic carbocycles. The van der Waals surface area contributed by atoms with Gasteiger partial charge in [0, 0.05) is 31.5 Å². The largest absolute Gasteiger partial charge is 0.481 e. The minimum absolute atomic E-state index is 0.00591. The van der Waals surface area contributed by atoms with Crippen LogP contribution in [0.25, 0.3) is 0 Å². The molecule has 0 bridgehead atoms. The SMILES string of the molecule is CNC(=O)c1cccc(CCC(=O)NC(CCC(=O)O)Cc2ccccc2)c1. The first kappa shape index (κ1) is 21.2. The zero-order valence-electron chi connectivity index (χ0n) is 16.0. The van der Waals surface area contributed by atoms with Gasteiger partial charge in [0.2, 0.25) is 5.91 Å². The van der Waals surface area contributed by atoms with Crippen LogP contribution in [0.15, 0.2) is 54.6 Å². The molecular weight excluding hydrogens is 356 g/mol. The normalized spacial score (nSPS) is 11.5. The van der Waals surface area contributed by atoms with E-state index in [4.69, 9.17) is 5.11 Å². The molecule has 6 nitrogen and oxygen atoms in total. The fraction of sp³-hybridized carbons (Fsp3) is 0.318. The highest BCUT2D eigenvalue weighted by Gasteiger charge is 2.15. The van der Waals surface area contributed by atoms with Crippen molar-refractivity contribution in [1.82, 2.24) is 10.6 Å². The Hall–Kier alpha value is -3.15. The molecule has 0 aliphatic heterocycles. The van der Waals surface area contributed by atoms with Crippen molar-refractivity contribution in [3.05, 3.63) is 71.3 Å². The van der Waals surface area contributed by atoms with Crippen molar-refractivity contribution < 1.29 is 19.5 Å². The topological polar surface area (TPSA) is 95.5 Å². The number of amides is 2. The van der Waals surface area contributed by atoms with Gasteiger partial charge in [-0.1, -0.05) is 42.5 Å². The van der Waals surface area contributed by atoms with Gasteiger partial charge in [0.25, 0.3) is 5.91 Å². The summed E-state index contributed by atoms with van der Waals surface area (Å²) in [7, 11) is 1.58. The first-order chi connectivity index (χ1) is 13.5. The maximum absolute atomic E-state index is 12.4. The quantitative estimate of drug-likeness (QED) is 0.588. The van der Waals surface area contributed by atoms with Crippen molar-refractivity contribution in [1.29, 1.82) is 0 Å². The van der Waals surface area contributed by atoms with Gasteiger partial charge < -0.3 is 15.7 Å². The molecule has 1 unspecified atom stereocenters. The Morgan fingerprint density at radius 1 is 0.964 bits per heavy atom. The molecule has 28 heavy (non-hydrogen) atoms. The van der Waals surface area contributed by atoms with Crippen LogP contribution in [0, 0.1) is 0 Å². The molecule has 2 rings (SSSR count). The number of benzene rings is 2. The Morgan fingerprint density at radius 3 is 2.36 bits per heavy atom. The molecule has 0 radical (unpaired) electrons. The third kappa shape index (κ3) is 7.23. The van der Waals surface area contributed by atoms with Gasteiger partial charge in [-0.25, -0.2) is 0 Å². The first-order valence-corrected chi connectivity index (χ1v) is 9.34. The van der Waals surface area contributed by atoms with Gasteiger partial charge in [-0.2, -0.15) is 0 Å². The summed E-state index contributed by atoms with van der Waals surface area (Å²) in [6.07, 6.45) is 1.75. The van der Waals surface area contributed by atoms with Crippen LogP contribution >= 0.6 is 0 Å². The lowest BCUT2D eigenvalue weighted by molar-refractivity contribution is -0.137. The summed E-state index contributed by atoms with van der Waals surface area (Å²) < 4.78 is 0. The molecule has 3 N–H and O–H groups in total. The fourth-order valence-corrected chi connectivity index (χ4v) is 2.99. The zero-order chi connectivity index (χ0) is 20.4. The second-order valence-corrected chi connectivity index (χ2v) is 6.67. The van der Waals surface area contributed by atoms with Gasteiger partial charge in [-0.05, 0) is 42.5 Å². The van der Waals surface area contributed by atoms with Crippen molar-refractivity contribution in [3.8, 4) is 0 Å². The molecule has 0 saturated carbocycles. The molecule has 0 aromatic heterocycles. The summed E-state index contributed by atoms with van der Waals surface area (Å²) >= 11 is 0. The Kier molecular flexibility index (Phi) is 8.21. The molecule has 0 aliphatic rings. The van der Waals surface area contributed by atoms with Gasteiger partial charge in [-0.15, -0.1) is 0 Å². The average Bonchev–Trinajstić information content (AvgIpc) is 2.71. The summed E-state index contributed by atoms with van der Waals surface area (Å²) in [5.74, 6) is -1.17. The monoisotopic (exact) mass is 382 g/mol. The predicted molar refractivity (Wildman–Crippen MR) is 107 cm³/mol. The van der Waals surface area contributed by atoms with Crippen molar-refractivity contribution in [3.63, 3.8) is 0 Å². The molecule has 0 saturated heterocycles. The number of carbonyl (C=O) groups is 3. The van der Waals surface area contributed by atoms with E-state index in [1.807, 2.05) is 36.4 Å². The van der Waals surface area contributed by atoms with Crippen molar-refractivity contribution in [2.24, 2.45) is 0 Å². The molecule has 1 atom stereocenters. The van der Waals surface area contributed by atoms with Gasteiger partial charge in [0.05, 0.1) is 0 Å². The summed E-state index contributed by atoms with van der Waals surface area (Å²) in [5.41, 5.74) is 2.52. The van der Waals surface area contributed by atoms with Crippen LogP contribution < -0.4 is 10.6 Å². The first-order valence-electron chi connectivity index (χ1n) is 9.34. The number of rotatable bonds is 10. The Labute approximate surface area is 165 Å². The number of aliphatic carboxylic acids is 1. The van der Waals surface area contributed by atoms with Crippen LogP contribution in [0.1, 0.15) is 40.7 Å². The molecule has 0 spiro atoms. The maximum Gasteiger partial charge on any atom is 0.303 e. The molecule has 0 heterocycles. The molecule has 148 valence electrons. The Balaban J connectivity index is 1.93. The fourth-order valence-electron chi connectivity index (χ4n) is 2.99. The van der Waals surface area contributed by atoms with Crippen LogP contribution in [0.3, 0.4) is 0 Å². The minimum atomic E-state index is -0.877. The predicted octanol–water partition coefficient (Wildman–Crippen LogP) is 2.57. The second-order valence-electron chi connectivity index (χ2n) is 6.67. The lowest BCUT2D eigenvalue weighted by atomic mass is 10.0. The number of aryl methyl sites for hydroxylation is 1. The average molecular weight is 382 g/mol. The number of hydrogen-bond donors (Lipinski definition) is 3. The van der Waals surface area contributed by atoms with Gasteiger partial charge >= 0.3 is 5.97 Å². The summed E-state index contributed by atoms with van der Waals surface area (Å²) in [6, 6.07) is 16.6. The summed E-state index contributed by atoms with van der Waals surface area (Å²) in [5, 5.41) is 14.5. The van der Waals surface area contributed by atoms with Gasteiger partial charge in [0.1, 0.15) is 0 Å². The second kappa shape index (κ2) is 10.9. The number of carbonyl (C=O) groups excluding carboxylic acids is 2. The van der Waals surface area contributed by atoms with Crippen LogP contribution in [0.4, 0.5) is 0 Å². The number of carboxylic acid groups (broad SMARTS) is 1. The van der Waals surface area contributed by atoms with E-state index in [0.717, 1.165) is 11.1 Å². The lowest BCUT2D eigenvalue weighted by Gasteiger charge is -2.18. The van der Waals surface area contributed by atoms with Crippen LogP contribution in [-0.2, 0) is 22.4 Å². The van der Waals surface area contributed by atoms with Crippen LogP contribution in [0.5, 0.6) is 0 Å². The van der Waals surface area contributed by atoms with Gasteiger partial charge in [0.15, 0.2) is 0 Å². The maximum atomic E-state index is 12.4. The highest BCUT2D eigenvalue weighted by molar-refractivity contribution is 5.94. The lowest BCUT2D eigenvalue weighted by Crippen LogP contribution is -2.37. The smallest absolute Gasteiger partial charge is 0.303 e. The van der Waals surface area contributed by atoms with Crippen molar-refractivity contribution in [2.45, 2.75) is 38.1 Å². The van der Waals surface area contributed by atoms with E-state index in [2.05, 4.69) is 10.6 Å². The molecule has 0 fully saturated rings. The number of nitrogens with one attached hydrogen (secondary N) is 2. The van der Waals surface area contributed by atoms with Gasteiger partial charge in [-0.3, -0.25) is 14.4 Å². The van der Waals surface area contributed by atoms with E-state index in [1.54, 1.807) is 25.2 Å². The van der Waals surface area contributed by atoms with Crippen molar-refractivity contribution in [2.75, 3.05) is 7.05 Å². The van der Waals surface area contributed by atoms with E-state index >= 15 is 0 Å². The zero-order valence-corrected chi connectivity index (χ0v) is 16.0. The highest BCUT2D eigenvalue weighted by atomic mass is 16.4. The summed E-state index contributed by atoms with van der Waals surface area (Å²) in [6.45, 7) is 0.